The molecule has 28 heavy (non-hydrogen) atoms. The molecule has 0 aliphatic rings. The smallest absolute Gasteiger partial charge is 0.279 e. The fourth-order valence-corrected chi connectivity index (χ4v) is 2.88. The Bertz CT molecular complexity index is 1110. The van der Waals surface area contributed by atoms with E-state index < -0.39 is 6.43 Å². The van der Waals surface area contributed by atoms with Gasteiger partial charge in [-0.05, 0) is 24.3 Å². The number of aromatic amines is 1. The van der Waals surface area contributed by atoms with Gasteiger partial charge in [-0.25, -0.2) is 18.4 Å². The third-order valence-corrected chi connectivity index (χ3v) is 4.75. The van der Waals surface area contributed by atoms with Crippen molar-refractivity contribution >= 4 is 23.2 Å². The maximum absolute atomic E-state index is 12.7. The van der Waals surface area contributed by atoms with Crippen LogP contribution in [0.4, 0.5) is 8.78 Å². The average Bonchev–Trinajstić information content (AvgIpc) is 3.35. The molecule has 0 bridgehead atoms. The lowest BCUT2D eigenvalue weighted by Crippen LogP contribution is -2.02. The number of hydrogen-bond donors (Lipinski definition) is 1. The van der Waals surface area contributed by atoms with E-state index in [1.54, 1.807) is 41.3 Å². The van der Waals surface area contributed by atoms with Crippen LogP contribution in [-0.2, 0) is 6.54 Å². The first kappa shape index (κ1) is 18.5. The number of nitrogens with one attached hydrogen (secondary N) is 1. The molecule has 0 unspecified atom stereocenters. The zero-order valence-electron chi connectivity index (χ0n) is 14.2. The monoisotopic (exact) mass is 420 g/mol. The second-order valence-electron chi connectivity index (χ2n) is 5.96. The summed E-state index contributed by atoms with van der Waals surface area (Å²) in [5, 5.41) is 9.14. The lowest BCUT2D eigenvalue weighted by atomic mass is 10.2. The van der Waals surface area contributed by atoms with Crippen molar-refractivity contribution in [2.75, 3.05) is 0 Å². The van der Waals surface area contributed by atoms with Crippen LogP contribution < -0.4 is 0 Å². The molecule has 0 saturated carbocycles. The first-order chi connectivity index (χ1) is 13.5. The van der Waals surface area contributed by atoms with E-state index >= 15 is 0 Å². The van der Waals surface area contributed by atoms with Crippen LogP contribution in [0.1, 0.15) is 17.8 Å². The van der Waals surface area contributed by atoms with Crippen LogP contribution in [0.3, 0.4) is 0 Å². The second-order valence-corrected chi connectivity index (χ2v) is 6.77. The molecule has 0 amide bonds. The van der Waals surface area contributed by atoms with Gasteiger partial charge in [0.1, 0.15) is 17.2 Å². The van der Waals surface area contributed by atoms with E-state index in [4.69, 9.17) is 23.2 Å². The number of imidazole rings is 1. The van der Waals surface area contributed by atoms with Crippen molar-refractivity contribution in [2.45, 2.75) is 13.0 Å². The molecule has 0 fully saturated rings. The minimum absolute atomic E-state index is 0.225. The molecule has 1 N–H and O–H groups in total. The summed E-state index contributed by atoms with van der Waals surface area (Å²) in [7, 11) is 0. The maximum atomic E-state index is 12.7. The van der Waals surface area contributed by atoms with Crippen molar-refractivity contribution in [3.63, 3.8) is 0 Å². The highest BCUT2D eigenvalue weighted by Crippen LogP contribution is 2.27. The normalized spacial score (nSPS) is 11.3. The molecule has 0 spiro atoms. The molecule has 6 nitrogen and oxygen atoms in total. The highest BCUT2D eigenvalue weighted by atomic mass is 35.5. The van der Waals surface area contributed by atoms with Gasteiger partial charge in [0.2, 0.25) is 0 Å². The quantitative estimate of drug-likeness (QED) is 0.491. The van der Waals surface area contributed by atoms with Gasteiger partial charge in [0, 0.05) is 17.3 Å². The van der Waals surface area contributed by atoms with Crippen molar-refractivity contribution in [3.05, 3.63) is 70.4 Å². The summed E-state index contributed by atoms with van der Waals surface area (Å²) in [5.74, 6) is 0.344. The Morgan fingerprint density at radius 3 is 2.50 bits per heavy atom. The Morgan fingerprint density at radius 2 is 1.82 bits per heavy atom. The molecule has 4 rings (SSSR count). The maximum Gasteiger partial charge on any atom is 0.279 e. The number of H-pyrrole nitrogens is 1. The number of rotatable bonds is 5. The first-order valence-electron chi connectivity index (χ1n) is 8.13. The zero-order valence-corrected chi connectivity index (χ0v) is 15.7. The molecule has 0 radical (unpaired) electrons. The molecule has 0 aliphatic heterocycles. The molecule has 4 aromatic rings. The van der Waals surface area contributed by atoms with E-state index in [9.17, 15) is 8.78 Å². The average molecular weight is 421 g/mol. The summed E-state index contributed by atoms with van der Waals surface area (Å²) >= 11 is 12.0. The predicted molar refractivity (Wildman–Crippen MR) is 101 cm³/mol. The van der Waals surface area contributed by atoms with Crippen molar-refractivity contribution in [2.24, 2.45) is 0 Å². The molecule has 0 atom stereocenters. The molecule has 0 saturated heterocycles. The number of alkyl halides is 2. The first-order valence-corrected chi connectivity index (χ1v) is 8.89. The SMILES string of the molecule is FC(F)c1cnc(-c2ccc(Cn3cc(-c4ccc(Cl)c(Cl)c4)nn3)nc2)[nH]1. The van der Waals surface area contributed by atoms with Crippen molar-refractivity contribution in [1.82, 2.24) is 29.9 Å². The highest BCUT2D eigenvalue weighted by Gasteiger charge is 2.12. The molecule has 3 heterocycles. The van der Waals surface area contributed by atoms with Crippen LogP contribution in [0.25, 0.3) is 22.6 Å². The molecule has 0 aliphatic carbocycles. The van der Waals surface area contributed by atoms with Crippen molar-refractivity contribution in [1.29, 1.82) is 0 Å². The predicted octanol–water partition coefficient (Wildman–Crippen LogP) is 5.02. The van der Waals surface area contributed by atoms with Crippen LogP contribution in [0, 0.1) is 0 Å². The lowest BCUT2D eigenvalue weighted by Gasteiger charge is -2.02. The number of hydrogen-bond acceptors (Lipinski definition) is 4. The number of pyridine rings is 1. The third kappa shape index (κ3) is 3.88. The van der Waals surface area contributed by atoms with Crippen LogP contribution in [-0.4, -0.2) is 29.9 Å². The van der Waals surface area contributed by atoms with Crippen LogP contribution in [0.15, 0.2) is 48.9 Å². The van der Waals surface area contributed by atoms with Gasteiger partial charge >= 0.3 is 0 Å². The van der Waals surface area contributed by atoms with E-state index in [0.29, 0.717) is 33.7 Å². The van der Waals surface area contributed by atoms with Crippen LogP contribution in [0.5, 0.6) is 0 Å². The lowest BCUT2D eigenvalue weighted by molar-refractivity contribution is 0.146. The van der Waals surface area contributed by atoms with Gasteiger partial charge in [0.25, 0.3) is 6.43 Å². The van der Waals surface area contributed by atoms with Gasteiger partial charge in [-0.1, -0.05) is 34.5 Å². The summed E-state index contributed by atoms with van der Waals surface area (Å²) in [6.45, 7) is 0.398. The van der Waals surface area contributed by atoms with E-state index in [1.807, 2.05) is 6.07 Å². The number of nitrogens with zero attached hydrogens (tertiary/aromatic N) is 5. The second kappa shape index (κ2) is 7.65. The van der Waals surface area contributed by atoms with Crippen molar-refractivity contribution < 1.29 is 8.78 Å². The summed E-state index contributed by atoms with van der Waals surface area (Å²) in [4.78, 5) is 10.9. The van der Waals surface area contributed by atoms with E-state index in [-0.39, 0.29) is 5.69 Å². The summed E-state index contributed by atoms with van der Waals surface area (Å²) in [6, 6.07) is 8.77. The third-order valence-electron chi connectivity index (χ3n) is 4.01. The Labute approximate surface area is 168 Å². The Balaban J connectivity index is 1.49. The summed E-state index contributed by atoms with van der Waals surface area (Å²) in [6.07, 6.45) is 1.87. The van der Waals surface area contributed by atoms with Gasteiger partial charge < -0.3 is 4.98 Å². The minimum Gasteiger partial charge on any atom is -0.337 e. The number of aromatic nitrogens is 6. The topological polar surface area (TPSA) is 72.3 Å². The Kier molecular flexibility index (Phi) is 5.06. The molecular weight excluding hydrogens is 409 g/mol. The Morgan fingerprint density at radius 1 is 1.00 bits per heavy atom. The van der Waals surface area contributed by atoms with E-state index in [0.717, 1.165) is 17.5 Å². The van der Waals surface area contributed by atoms with Gasteiger partial charge in [0.15, 0.2) is 0 Å². The zero-order chi connectivity index (χ0) is 19.7. The number of benzene rings is 1. The van der Waals surface area contributed by atoms with Gasteiger partial charge in [-0.2, -0.15) is 0 Å². The van der Waals surface area contributed by atoms with Crippen LogP contribution in [0.2, 0.25) is 10.0 Å². The summed E-state index contributed by atoms with van der Waals surface area (Å²) < 4.78 is 26.9. The Hall–Kier alpha value is -2.84. The summed E-state index contributed by atoms with van der Waals surface area (Å²) in [5.41, 5.74) is 2.58. The molecule has 142 valence electrons. The van der Waals surface area contributed by atoms with E-state index in [1.165, 1.54) is 0 Å². The fourth-order valence-electron chi connectivity index (χ4n) is 2.58. The van der Waals surface area contributed by atoms with Crippen LogP contribution >= 0.6 is 23.2 Å². The molecular formula is C18H12Cl2F2N6. The standard InChI is InChI=1S/C18H12Cl2F2N6/c19-13-4-2-10(5-14(13)20)16-9-28(27-26-16)8-12-3-1-11(6-23-12)18-24-7-15(25-18)17(21)22/h1-7,9,17H,8H2,(H,24,25). The minimum atomic E-state index is -2.59. The van der Waals surface area contributed by atoms with E-state index in [2.05, 4.69) is 25.3 Å². The molecule has 3 aromatic heterocycles. The van der Waals surface area contributed by atoms with Gasteiger partial charge in [-0.3, -0.25) is 4.98 Å². The number of halogens is 4. The molecule has 1 aromatic carbocycles. The molecule has 10 heteroatoms. The van der Waals surface area contributed by atoms with Gasteiger partial charge in [-0.15, -0.1) is 5.10 Å². The largest absolute Gasteiger partial charge is 0.337 e. The van der Waals surface area contributed by atoms with Gasteiger partial charge in [0.05, 0.1) is 34.7 Å². The highest BCUT2D eigenvalue weighted by molar-refractivity contribution is 6.42. The fraction of sp³-hybridized carbons (Fsp3) is 0.111. The van der Waals surface area contributed by atoms with Crippen molar-refractivity contribution in [3.8, 4) is 22.6 Å².